The molecule has 3 aromatic rings. The maximum atomic E-state index is 4.44. The number of hydrogen-bond acceptors (Lipinski definition) is 5. The Morgan fingerprint density at radius 3 is 2.65 bits per heavy atom. The van der Waals surface area contributed by atoms with Crippen LogP contribution in [0.5, 0.6) is 0 Å². The summed E-state index contributed by atoms with van der Waals surface area (Å²) < 4.78 is 1.16. The van der Waals surface area contributed by atoms with Crippen LogP contribution in [0.4, 0.5) is 10.9 Å². The summed E-state index contributed by atoms with van der Waals surface area (Å²) in [6.45, 7) is 0. The molecule has 2 aromatic heterocycles. The van der Waals surface area contributed by atoms with Crippen molar-refractivity contribution in [1.29, 1.82) is 0 Å². The summed E-state index contributed by atoms with van der Waals surface area (Å²) in [5, 5.41) is 0.830. The summed E-state index contributed by atoms with van der Waals surface area (Å²) >= 11 is 1.60. The van der Waals surface area contributed by atoms with Crippen LogP contribution in [0.1, 0.15) is 0 Å². The standard InChI is InChI=1S/C12H10N4S/c1-2-6-10-9(5-1)14-12(17-10)16-15-11-7-3-4-8-13-11/h1-8H,(H,13,15)(H,14,16). The Kier molecular flexibility index (Phi) is 2.59. The molecule has 0 spiro atoms. The summed E-state index contributed by atoms with van der Waals surface area (Å²) in [5.74, 6) is 0.770. The zero-order valence-electron chi connectivity index (χ0n) is 8.92. The predicted molar refractivity (Wildman–Crippen MR) is 71.1 cm³/mol. The van der Waals surface area contributed by atoms with Gasteiger partial charge in [0.05, 0.1) is 10.2 Å². The van der Waals surface area contributed by atoms with Crippen LogP contribution in [0.25, 0.3) is 10.2 Å². The van der Waals surface area contributed by atoms with Crippen molar-refractivity contribution in [3.8, 4) is 0 Å². The molecule has 1 aromatic carbocycles. The summed E-state index contributed by atoms with van der Waals surface area (Å²) in [4.78, 5) is 8.60. The first-order valence-corrected chi connectivity index (χ1v) is 6.02. The molecule has 2 heterocycles. The highest BCUT2D eigenvalue weighted by molar-refractivity contribution is 7.22. The van der Waals surface area contributed by atoms with Crippen molar-refractivity contribution in [3.63, 3.8) is 0 Å². The molecule has 0 unspecified atom stereocenters. The average Bonchev–Trinajstić information content (AvgIpc) is 2.80. The summed E-state index contributed by atoms with van der Waals surface area (Å²) in [7, 11) is 0. The monoisotopic (exact) mass is 242 g/mol. The van der Waals surface area contributed by atoms with Gasteiger partial charge in [-0.25, -0.2) is 9.97 Å². The second kappa shape index (κ2) is 4.39. The zero-order valence-corrected chi connectivity index (χ0v) is 9.74. The van der Waals surface area contributed by atoms with Crippen molar-refractivity contribution < 1.29 is 0 Å². The lowest BCUT2D eigenvalue weighted by atomic mass is 10.3. The number of nitrogens with zero attached hydrogens (tertiary/aromatic N) is 2. The Labute approximate surface area is 102 Å². The average molecular weight is 242 g/mol. The Balaban J connectivity index is 1.77. The second-order valence-electron chi connectivity index (χ2n) is 3.45. The lowest BCUT2D eigenvalue weighted by Gasteiger charge is -2.04. The fourth-order valence-corrected chi connectivity index (χ4v) is 2.30. The van der Waals surface area contributed by atoms with E-state index in [0.29, 0.717) is 0 Å². The van der Waals surface area contributed by atoms with Crippen molar-refractivity contribution in [1.82, 2.24) is 9.97 Å². The molecule has 5 heteroatoms. The number of nitrogens with one attached hydrogen (secondary N) is 2. The van der Waals surface area contributed by atoms with Gasteiger partial charge in [-0.15, -0.1) is 0 Å². The summed E-state index contributed by atoms with van der Waals surface area (Å²) in [5.41, 5.74) is 7.06. The van der Waals surface area contributed by atoms with Gasteiger partial charge in [0.2, 0.25) is 5.13 Å². The van der Waals surface area contributed by atoms with E-state index >= 15 is 0 Å². The lowest BCUT2D eigenvalue weighted by molar-refractivity contribution is 1.26. The van der Waals surface area contributed by atoms with Crippen molar-refractivity contribution in [3.05, 3.63) is 48.7 Å². The number of pyridine rings is 1. The molecule has 84 valence electrons. The fraction of sp³-hybridized carbons (Fsp3) is 0. The number of hydrogen-bond donors (Lipinski definition) is 2. The number of hydrazine groups is 1. The van der Waals surface area contributed by atoms with Crippen LogP contribution < -0.4 is 10.9 Å². The largest absolute Gasteiger partial charge is 0.282 e. The van der Waals surface area contributed by atoms with Crippen molar-refractivity contribution in [2.45, 2.75) is 0 Å². The molecule has 0 aliphatic heterocycles. The Bertz CT molecular complexity index is 587. The molecule has 0 aliphatic carbocycles. The van der Waals surface area contributed by atoms with Gasteiger partial charge < -0.3 is 0 Å². The Hall–Kier alpha value is -2.14. The van der Waals surface area contributed by atoms with Gasteiger partial charge in [-0.05, 0) is 24.3 Å². The number of anilines is 2. The minimum atomic E-state index is 0.770. The van der Waals surface area contributed by atoms with E-state index < -0.39 is 0 Å². The highest BCUT2D eigenvalue weighted by Gasteiger charge is 2.01. The number of aromatic nitrogens is 2. The summed E-state index contributed by atoms with van der Waals surface area (Å²) in [6, 6.07) is 13.7. The van der Waals surface area contributed by atoms with Gasteiger partial charge >= 0.3 is 0 Å². The van der Waals surface area contributed by atoms with Gasteiger partial charge in [-0.1, -0.05) is 29.5 Å². The molecular formula is C12H10N4S. The Morgan fingerprint density at radius 2 is 1.82 bits per heavy atom. The molecule has 0 saturated heterocycles. The number of fused-ring (bicyclic) bond motifs is 1. The molecule has 0 fully saturated rings. The predicted octanol–water partition coefficient (Wildman–Crippen LogP) is 3.13. The highest BCUT2D eigenvalue weighted by Crippen LogP contribution is 2.25. The van der Waals surface area contributed by atoms with Crippen LogP contribution in [-0.2, 0) is 0 Å². The molecule has 2 N–H and O–H groups in total. The molecule has 17 heavy (non-hydrogen) atoms. The lowest BCUT2D eigenvalue weighted by Crippen LogP contribution is -2.09. The topological polar surface area (TPSA) is 49.8 Å². The maximum absolute atomic E-state index is 4.44. The maximum Gasteiger partial charge on any atom is 0.202 e. The van der Waals surface area contributed by atoms with Crippen molar-refractivity contribution in [2.75, 3.05) is 10.9 Å². The van der Waals surface area contributed by atoms with E-state index in [1.807, 2.05) is 36.4 Å². The normalized spacial score (nSPS) is 10.4. The minimum absolute atomic E-state index is 0.770. The molecule has 4 nitrogen and oxygen atoms in total. The number of rotatable bonds is 3. The third-order valence-corrected chi connectivity index (χ3v) is 3.21. The van der Waals surface area contributed by atoms with Crippen LogP contribution in [0.15, 0.2) is 48.7 Å². The third kappa shape index (κ3) is 2.19. The van der Waals surface area contributed by atoms with Gasteiger partial charge in [-0.3, -0.25) is 10.9 Å². The van der Waals surface area contributed by atoms with Crippen LogP contribution in [0.2, 0.25) is 0 Å². The third-order valence-electron chi connectivity index (χ3n) is 2.26. The van der Waals surface area contributed by atoms with Crippen molar-refractivity contribution in [2.24, 2.45) is 0 Å². The van der Waals surface area contributed by atoms with E-state index in [4.69, 9.17) is 0 Å². The number of para-hydroxylation sites is 1. The quantitative estimate of drug-likeness (QED) is 0.693. The van der Waals surface area contributed by atoms with E-state index in [0.717, 1.165) is 21.2 Å². The molecule has 0 atom stereocenters. The van der Waals surface area contributed by atoms with Gasteiger partial charge in [0.1, 0.15) is 5.82 Å². The molecule has 3 rings (SSSR count). The van der Waals surface area contributed by atoms with Crippen LogP contribution in [-0.4, -0.2) is 9.97 Å². The van der Waals surface area contributed by atoms with E-state index in [9.17, 15) is 0 Å². The van der Waals surface area contributed by atoms with E-state index in [1.165, 1.54) is 0 Å². The van der Waals surface area contributed by atoms with Gasteiger partial charge in [0, 0.05) is 6.20 Å². The first-order chi connectivity index (χ1) is 8.42. The van der Waals surface area contributed by atoms with Crippen LogP contribution >= 0.6 is 11.3 Å². The van der Waals surface area contributed by atoms with Crippen LogP contribution in [0.3, 0.4) is 0 Å². The summed E-state index contributed by atoms with van der Waals surface area (Å²) in [6.07, 6.45) is 1.74. The van der Waals surface area contributed by atoms with Crippen molar-refractivity contribution >= 4 is 32.5 Å². The van der Waals surface area contributed by atoms with Gasteiger partial charge in [-0.2, -0.15) is 0 Å². The number of benzene rings is 1. The number of thiazole rings is 1. The molecule has 0 saturated carbocycles. The second-order valence-corrected chi connectivity index (χ2v) is 4.48. The van der Waals surface area contributed by atoms with Gasteiger partial charge in [0.25, 0.3) is 0 Å². The molecule has 0 bridgehead atoms. The van der Waals surface area contributed by atoms with E-state index in [1.54, 1.807) is 17.5 Å². The van der Waals surface area contributed by atoms with E-state index in [-0.39, 0.29) is 0 Å². The highest BCUT2D eigenvalue weighted by atomic mass is 32.1. The van der Waals surface area contributed by atoms with Crippen LogP contribution in [0, 0.1) is 0 Å². The molecule has 0 radical (unpaired) electrons. The molecule has 0 amide bonds. The molecule has 0 aliphatic rings. The molecular weight excluding hydrogens is 232 g/mol. The smallest absolute Gasteiger partial charge is 0.202 e. The zero-order chi connectivity index (χ0) is 11.5. The first-order valence-electron chi connectivity index (χ1n) is 5.20. The minimum Gasteiger partial charge on any atom is -0.282 e. The Morgan fingerprint density at radius 1 is 0.941 bits per heavy atom. The van der Waals surface area contributed by atoms with Gasteiger partial charge in [0.15, 0.2) is 0 Å². The van der Waals surface area contributed by atoms with E-state index in [2.05, 4.69) is 26.9 Å². The first kappa shape index (κ1) is 10.0. The fourth-order valence-electron chi connectivity index (χ4n) is 1.48. The SMILES string of the molecule is c1ccc(NNc2nc3ccccc3s2)nc1.